The lowest BCUT2D eigenvalue weighted by Crippen LogP contribution is -2.24. The lowest BCUT2D eigenvalue weighted by molar-refractivity contribution is -0.118. The van der Waals surface area contributed by atoms with Crippen LogP contribution in [0.5, 0.6) is 5.75 Å². The molecule has 0 radical (unpaired) electrons. The molecule has 0 bridgehead atoms. The van der Waals surface area contributed by atoms with E-state index in [1.54, 1.807) is 44.4 Å². The Kier molecular flexibility index (Phi) is 5.54. The van der Waals surface area contributed by atoms with Crippen LogP contribution in [-0.2, 0) is 4.79 Å². The topological polar surface area (TPSA) is 71.5 Å². The van der Waals surface area contributed by atoms with E-state index in [4.69, 9.17) is 16.3 Å². The van der Waals surface area contributed by atoms with E-state index in [-0.39, 0.29) is 24.1 Å². The van der Waals surface area contributed by atoms with Gasteiger partial charge in [0, 0.05) is 31.0 Å². The smallest absolute Gasteiger partial charge is 0.272 e. The molecule has 23 heavy (non-hydrogen) atoms. The Balaban J connectivity index is 1.95. The number of nitrogens with zero attached hydrogens (tertiary/aromatic N) is 2. The zero-order chi connectivity index (χ0) is 16.8. The molecular weight excluding hydrogens is 318 g/mol. The first-order valence-corrected chi connectivity index (χ1v) is 7.19. The molecule has 6 nitrogen and oxygen atoms in total. The van der Waals surface area contributed by atoms with Crippen molar-refractivity contribution in [2.24, 2.45) is 0 Å². The van der Waals surface area contributed by atoms with Gasteiger partial charge in [0.15, 0.2) is 6.61 Å². The molecule has 0 unspecified atom stereocenters. The van der Waals surface area contributed by atoms with Crippen LogP contribution >= 0.6 is 11.6 Å². The predicted octanol–water partition coefficient (Wildman–Crippen LogP) is 2.45. The first kappa shape index (κ1) is 16.8. The molecule has 0 saturated carbocycles. The third kappa shape index (κ3) is 4.96. The quantitative estimate of drug-likeness (QED) is 0.912. The van der Waals surface area contributed by atoms with Gasteiger partial charge in [-0.15, -0.1) is 0 Å². The number of amides is 2. The molecule has 2 amide bonds. The Hall–Kier alpha value is -2.60. The number of anilines is 1. The number of aromatic nitrogens is 1. The number of pyridine rings is 1. The highest BCUT2D eigenvalue weighted by Gasteiger charge is 2.11. The van der Waals surface area contributed by atoms with Crippen LogP contribution in [0.4, 0.5) is 5.69 Å². The zero-order valence-electron chi connectivity index (χ0n) is 12.7. The SMILES string of the molecule is CN(C)C(=O)c1cc(NC(=O)COc2cccc(Cl)c2)ccn1. The van der Waals surface area contributed by atoms with E-state index in [2.05, 4.69) is 10.3 Å². The highest BCUT2D eigenvalue weighted by molar-refractivity contribution is 6.30. The Morgan fingerprint density at radius 2 is 2.04 bits per heavy atom. The first-order valence-electron chi connectivity index (χ1n) is 6.81. The molecule has 1 aromatic heterocycles. The Morgan fingerprint density at radius 3 is 2.74 bits per heavy atom. The summed E-state index contributed by atoms with van der Waals surface area (Å²) in [5.41, 5.74) is 0.730. The second-order valence-corrected chi connectivity index (χ2v) is 5.36. The van der Waals surface area contributed by atoms with E-state index in [9.17, 15) is 9.59 Å². The summed E-state index contributed by atoms with van der Waals surface area (Å²) in [5, 5.41) is 3.18. The van der Waals surface area contributed by atoms with E-state index >= 15 is 0 Å². The van der Waals surface area contributed by atoms with Gasteiger partial charge in [-0.1, -0.05) is 17.7 Å². The van der Waals surface area contributed by atoms with Crippen LogP contribution in [0.3, 0.4) is 0 Å². The average molecular weight is 334 g/mol. The molecule has 0 aliphatic heterocycles. The van der Waals surface area contributed by atoms with Crippen LogP contribution in [0.2, 0.25) is 5.02 Å². The molecule has 0 fully saturated rings. The maximum atomic E-state index is 11.9. The van der Waals surface area contributed by atoms with Gasteiger partial charge in [-0.2, -0.15) is 0 Å². The van der Waals surface area contributed by atoms with Gasteiger partial charge in [-0.3, -0.25) is 14.6 Å². The van der Waals surface area contributed by atoms with Gasteiger partial charge in [-0.05, 0) is 30.3 Å². The molecule has 2 aromatic rings. The number of rotatable bonds is 5. The summed E-state index contributed by atoms with van der Waals surface area (Å²) in [6.07, 6.45) is 1.46. The van der Waals surface area contributed by atoms with E-state index in [1.807, 2.05) is 0 Å². The van der Waals surface area contributed by atoms with Gasteiger partial charge >= 0.3 is 0 Å². The van der Waals surface area contributed by atoms with Gasteiger partial charge in [-0.25, -0.2) is 0 Å². The van der Waals surface area contributed by atoms with Crippen LogP contribution in [0.1, 0.15) is 10.5 Å². The molecule has 1 heterocycles. The third-order valence-corrected chi connectivity index (χ3v) is 3.07. The molecule has 7 heteroatoms. The molecule has 0 aliphatic rings. The summed E-state index contributed by atoms with van der Waals surface area (Å²) in [6.45, 7) is -0.167. The minimum absolute atomic E-state index is 0.167. The maximum absolute atomic E-state index is 11.9. The fourth-order valence-electron chi connectivity index (χ4n) is 1.76. The first-order chi connectivity index (χ1) is 11.0. The summed E-state index contributed by atoms with van der Waals surface area (Å²) in [4.78, 5) is 29.1. The summed E-state index contributed by atoms with van der Waals surface area (Å²) in [7, 11) is 3.27. The van der Waals surface area contributed by atoms with Crippen molar-refractivity contribution in [3.05, 3.63) is 53.3 Å². The Labute approximate surface area is 139 Å². The molecule has 120 valence electrons. The van der Waals surface area contributed by atoms with Crippen molar-refractivity contribution in [3.8, 4) is 5.75 Å². The number of halogens is 1. The summed E-state index contributed by atoms with van der Waals surface area (Å²) in [6, 6.07) is 9.89. The number of carbonyl (C=O) groups excluding carboxylic acids is 2. The van der Waals surface area contributed by atoms with Crippen molar-refractivity contribution >= 4 is 29.1 Å². The van der Waals surface area contributed by atoms with Crippen molar-refractivity contribution < 1.29 is 14.3 Å². The van der Waals surface area contributed by atoms with Crippen molar-refractivity contribution in [1.29, 1.82) is 0 Å². The minimum Gasteiger partial charge on any atom is -0.484 e. The second-order valence-electron chi connectivity index (χ2n) is 4.92. The summed E-state index contributed by atoms with van der Waals surface area (Å²) >= 11 is 5.84. The monoisotopic (exact) mass is 333 g/mol. The molecule has 1 aromatic carbocycles. The van der Waals surface area contributed by atoms with Crippen LogP contribution in [0, 0.1) is 0 Å². The molecule has 0 atom stereocenters. The van der Waals surface area contributed by atoms with Gasteiger partial charge in [0.05, 0.1) is 0 Å². The Morgan fingerprint density at radius 1 is 1.26 bits per heavy atom. The molecular formula is C16H16ClN3O3. The third-order valence-electron chi connectivity index (χ3n) is 2.84. The molecule has 0 saturated heterocycles. The largest absolute Gasteiger partial charge is 0.484 e. The van der Waals surface area contributed by atoms with Crippen molar-refractivity contribution in [1.82, 2.24) is 9.88 Å². The number of nitrogens with one attached hydrogen (secondary N) is 1. The van der Waals surface area contributed by atoms with E-state index in [0.29, 0.717) is 16.5 Å². The molecule has 1 N–H and O–H groups in total. The Bertz CT molecular complexity index is 719. The fourth-order valence-corrected chi connectivity index (χ4v) is 1.94. The normalized spacial score (nSPS) is 10.0. The van der Waals surface area contributed by atoms with Crippen LogP contribution in [-0.4, -0.2) is 42.4 Å². The van der Waals surface area contributed by atoms with Crippen LogP contribution in [0.25, 0.3) is 0 Å². The molecule has 0 spiro atoms. The zero-order valence-corrected chi connectivity index (χ0v) is 13.5. The lowest BCUT2D eigenvalue weighted by atomic mass is 10.3. The fraction of sp³-hybridized carbons (Fsp3) is 0.188. The van der Waals surface area contributed by atoms with Gasteiger partial charge in [0.25, 0.3) is 11.8 Å². The van der Waals surface area contributed by atoms with E-state index in [1.165, 1.54) is 17.2 Å². The maximum Gasteiger partial charge on any atom is 0.272 e. The van der Waals surface area contributed by atoms with Gasteiger partial charge < -0.3 is 15.0 Å². The standard InChI is InChI=1S/C16H16ClN3O3/c1-20(2)16(22)14-9-12(6-7-18-14)19-15(21)10-23-13-5-3-4-11(17)8-13/h3-9H,10H2,1-2H3,(H,18,19,21). The number of benzene rings is 1. The highest BCUT2D eigenvalue weighted by atomic mass is 35.5. The van der Waals surface area contributed by atoms with Crippen molar-refractivity contribution in [2.45, 2.75) is 0 Å². The van der Waals surface area contributed by atoms with Gasteiger partial charge in [0.1, 0.15) is 11.4 Å². The molecule has 0 aliphatic carbocycles. The van der Waals surface area contributed by atoms with Crippen molar-refractivity contribution in [2.75, 3.05) is 26.0 Å². The second kappa shape index (κ2) is 7.60. The van der Waals surface area contributed by atoms with Crippen LogP contribution in [0.15, 0.2) is 42.6 Å². The predicted molar refractivity (Wildman–Crippen MR) is 87.8 cm³/mol. The number of ether oxygens (including phenoxy) is 1. The van der Waals surface area contributed by atoms with E-state index < -0.39 is 0 Å². The number of carbonyl (C=O) groups is 2. The number of hydrogen-bond acceptors (Lipinski definition) is 4. The number of hydrogen-bond donors (Lipinski definition) is 1. The molecule has 2 rings (SSSR count). The lowest BCUT2D eigenvalue weighted by Gasteiger charge is -2.11. The van der Waals surface area contributed by atoms with Crippen molar-refractivity contribution in [3.63, 3.8) is 0 Å². The minimum atomic E-state index is -0.348. The van der Waals surface area contributed by atoms with Crippen LogP contribution < -0.4 is 10.1 Å². The summed E-state index contributed by atoms with van der Waals surface area (Å²) < 4.78 is 5.35. The van der Waals surface area contributed by atoms with Gasteiger partial charge in [0.2, 0.25) is 0 Å². The van der Waals surface area contributed by atoms with E-state index in [0.717, 1.165) is 0 Å². The average Bonchev–Trinajstić information content (AvgIpc) is 2.52. The highest BCUT2D eigenvalue weighted by Crippen LogP contribution is 2.17. The summed E-state index contributed by atoms with van der Waals surface area (Å²) in [5.74, 6) is -0.0819.